The van der Waals surface area contributed by atoms with Crippen LogP contribution in [0.1, 0.15) is 30.0 Å². The average molecular weight is 457 g/mol. The highest BCUT2D eigenvalue weighted by molar-refractivity contribution is 8.00. The third-order valence-electron chi connectivity index (χ3n) is 5.90. The Morgan fingerprint density at radius 2 is 1.78 bits per heavy atom. The van der Waals surface area contributed by atoms with Gasteiger partial charge in [-0.25, -0.2) is 8.42 Å². The average Bonchev–Trinajstić information content (AvgIpc) is 3.34. The van der Waals surface area contributed by atoms with Crippen LogP contribution in [0.3, 0.4) is 0 Å². The number of benzene rings is 2. The Bertz CT molecular complexity index is 1080. The molecule has 32 heavy (non-hydrogen) atoms. The maximum Gasteiger partial charge on any atom is 0.287 e. The summed E-state index contributed by atoms with van der Waals surface area (Å²) in [6.45, 7) is 2.22. The summed E-state index contributed by atoms with van der Waals surface area (Å²) in [7, 11) is -1.99. The minimum absolute atomic E-state index is 0.0201. The molecule has 1 saturated heterocycles. The summed E-state index contributed by atoms with van der Waals surface area (Å²) < 4.78 is 36.4. The monoisotopic (exact) mass is 456 g/mol. The van der Waals surface area contributed by atoms with Crippen molar-refractivity contribution in [3.63, 3.8) is 0 Å². The van der Waals surface area contributed by atoms with E-state index >= 15 is 0 Å². The zero-order valence-electron chi connectivity index (χ0n) is 18.1. The number of carbonyl (C=O) groups excluding carboxylic acids is 1. The molecule has 2 heterocycles. The fourth-order valence-electron chi connectivity index (χ4n) is 4.24. The lowest BCUT2D eigenvalue weighted by Crippen LogP contribution is -2.39. The lowest BCUT2D eigenvalue weighted by atomic mass is 10.1. The van der Waals surface area contributed by atoms with Crippen LogP contribution in [0.4, 0.5) is 0 Å². The van der Waals surface area contributed by atoms with Crippen molar-refractivity contribution in [2.24, 2.45) is 0 Å². The predicted molar refractivity (Wildman–Crippen MR) is 123 cm³/mol. The highest BCUT2D eigenvalue weighted by Gasteiger charge is 2.34. The van der Waals surface area contributed by atoms with E-state index in [1.54, 1.807) is 37.4 Å². The molecule has 0 saturated carbocycles. The molecular weight excluding hydrogens is 428 g/mol. The van der Waals surface area contributed by atoms with Crippen molar-refractivity contribution in [1.82, 2.24) is 10.2 Å². The Morgan fingerprint density at radius 3 is 2.44 bits per heavy atom. The van der Waals surface area contributed by atoms with Gasteiger partial charge in [0.2, 0.25) is 5.76 Å². The van der Waals surface area contributed by atoms with Crippen LogP contribution in [-0.4, -0.2) is 58.3 Å². The molecule has 7 nitrogen and oxygen atoms in total. The van der Waals surface area contributed by atoms with Crippen LogP contribution >= 0.6 is 0 Å². The van der Waals surface area contributed by atoms with Crippen LogP contribution in [0.15, 0.2) is 60.4 Å². The lowest BCUT2D eigenvalue weighted by molar-refractivity contribution is -0.121. The first-order valence-electron chi connectivity index (χ1n) is 10.8. The molecule has 0 bridgehead atoms. The Labute approximate surface area is 188 Å². The van der Waals surface area contributed by atoms with Crippen LogP contribution in [-0.2, 0) is 19.4 Å². The third kappa shape index (κ3) is 4.81. The van der Waals surface area contributed by atoms with Gasteiger partial charge in [0.05, 0.1) is 18.9 Å². The number of likely N-dealkylation sites (tertiary alicyclic amines) is 1. The number of carbonyl (C=O) groups is 1. The van der Waals surface area contributed by atoms with Gasteiger partial charge in [0.25, 0.3) is 5.91 Å². The molecule has 8 heteroatoms. The summed E-state index contributed by atoms with van der Waals surface area (Å²) in [4.78, 5) is 15.4. The summed E-state index contributed by atoms with van der Waals surface area (Å²) in [6.07, 6.45) is 2.23. The first kappa shape index (κ1) is 22.4. The van der Waals surface area contributed by atoms with Crippen LogP contribution in [0, 0.1) is 0 Å². The van der Waals surface area contributed by atoms with Crippen LogP contribution in [0.25, 0.3) is 4.91 Å². The molecule has 2 aliphatic rings. The van der Waals surface area contributed by atoms with Gasteiger partial charge in [-0.15, -0.1) is 0 Å². The topological polar surface area (TPSA) is 84.9 Å². The third-order valence-corrected chi connectivity index (χ3v) is 7.64. The van der Waals surface area contributed by atoms with Crippen molar-refractivity contribution >= 4 is 20.6 Å². The molecule has 1 fully saturated rings. The van der Waals surface area contributed by atoms with E-state index in [0.717, 1.165) is 37.2 Å². The smallest absolute Gasteiger partial charge is 0.287 e. The molecule has 0 unspecified atom stereocenters. The van der Waals surface area contributed by atoms with Crippen LogP contribution in [0.2, 0.25) is 0 Å². The number of methoxy groups -OCH3 is 1. The number of ether oxygens (including phenoxy) is 2. The van der Waals surface area contributed by atoms with Crippen molar-refractivity contribution in [3.8, 4) is 5.75 Å². The number of hydrogen-bond donors (Lipinski definition) is 1. The van der Waals surface area contributed by atoms with Gasteiger partial charge < -0.3 is 14.8 Å². The van der Waals surface area contributed by atoms with Gasteiger partial charge in [-0.2, -0.15) is 0 Å². The second-order valence-corrected chi connectivity index (χ2v) is 9.98. The van der Waals surface area contributed by atoms with E-state index in [4.69, 9.17) is 9.47 Å². The predicted octanol–water partition coefficient (Wildman–Crippen LogP) is 2.76. The SMILES string of the molecule is COc1ccc([C@@H](CNC(=O)C2=C(c3ccccc3)S(=O)(=O)CCO2)N2CCCC2)cc1. The van der Waals surface area contributed by atoms with Gasteiger partial charge in [-0.1, -0.05) is 42.5 Å². The van der Waals surface area contributed by atoms with Crippen molar-refractivity contribution in [1.29, 1.82) is 0 Å². The number of amides is 1. The second-order valence-electron chi connectivity index (χ2n) is 7.93. The zero-order valence-corrected chi connectivity index (χ0v) is 18.9. The Kier molecular flexibility index (Phi) is 6.81. The minimum atomic E-state index is -3.62. The van der Waals surface area contributed by atoms with Gasteiger partial charge in [0, 0.05) is 6.54 Å². The first-order chi connectivity index (χ1) is 15.5. The maximum absolute atomic E-state index is 13.1. The lowest BCUT2D eigenvalue weighted by Gasteiger charge is -2.29. The minimum Gasteiger partial charge on any atom is -0.497 e. The molecular formula is C24H28N2O5S. The molecule has 0 radical (unpaired) electrons. The molecule has 2 aromatic rings. The molecule has 170 valence electrons. The Balaban J connectivity index is 1.59. The number of nitrogens with zero attached hydrogens (tertiary/aromatic N) is 1. The van der Waals surface area contributed by atoms with E-state index in [9.17, 15) is 13.2 Å². The largest absolute Gasteiger partial charge is 0.497 e. The fraction of sp³-hybridized carbons (Fsp3) is 0.375. The van der Waals surface area contributed by atoms with E-state index in [1.165, 1.54) is 0 Å². The highest BCUT2D eigenvalue weighted by atomic mass is 32.2. The summed E-state index contributed by atoms with van der Waals surface area (Å²) in [5.41, 5.74) is 1.53. The molecule has 1 atom stereocenters. The Morgan fingerprint density at radius 1 is 1.09 bits per heavy atom. The van der Waals surface area contributed by atoms with Gasteiger partial charge in [-0.05, 0) is 49.2 Å². The quantitative estimate of drug-likeness (QED) is 0.690. The Hall–Kier alpha value is -2.84. The molecule has 0 aliphatic carbocycles. The summed E-state index contributed by atoms with van der Waals surface area (Å²) in [5.74, 6) is -0.00499. The van der Waals surface area contributed by atoms with E-state index in [1.807, 2.05) is 24.3 Å². The van der Waals surface area contributed by atoms with E-state index in [2.05, 4.69) is 10.2 Å². The molecule has 0 aromatic heterocycles. The van der Waals surface area contributed by atoms with Crippen molar-refractivity contribution in [3.05, 3.63) is 71.5 Å². The van der Waals surface area contributed by atoms with Crippen molar-refractivity contribution in [2.45, 2.75) is 18.9 Å². The number of nitrogens with one attached hydrogen (secondary N) is 1. The normalized spacial score (nSPS) is 19.3. The molecule has 1 amide bonds. The highest BCUT2D eigenvalue weighted by Crippen LogP contribution is 2.31. The number of sulfone groups is 1. The number of rotatable bonds is 7. The first-order valence-corrected chi connectivity index (χ1v) is 12.5. The zero-order chi connectivity index (χ0) is 22.6. The molecule has 2 aliphatic heterocycles. The van der Waals surface area contributed by atoms with Crippen molar-refractivity contribution < 1.29 is 22.7 Å². The van der Waals surface area contributed by atoms with Gasteiger partial charge >= 0.3 is 0 Å². The molecule has 2 aromatic carbocycles. The summed E-state index contributed by atoms with van der Waals surface area (Å²) in [6, 6.07) is 16.5. The van der Waals surface area contributed by atoms with E-state index in [-0.39, 0.29) is 29.1 Å². The van der Waals surface area contributed by atoms with Gasteiger partial charge in [-0.3, -0.25) is 9.69 Å². The summed E-state index contributed by atoms with van der Waals surface area (Å²) >= 11 is 0. The second kappa shape index (κ2) is 9.75. The standard InChI is InChI=1S/C24H28N2O5S/c1-30-20-11-9-18(10-12-20)21(26-13-5-6-14-26)17-25-24(27)22-23(19-7-3-2-4-8-19)32(28,29)16-15-31-22/h2-4,7-12,21H,5-6,13-17H2,1H3,(H,25,27)/t21-/m1/s1. The fourth-order valence-corrected chi connectivity index (χ4v) is 5.67. The van der Waals surface area contributed by atoms with Crippen LogP contribution < -0.4 is 10.1 Å². The van der Waals surface area contributed by atoms with E-state index in [0.29, 0.717) is 12.1 Å². The number of hydrogen-bond acceptors (Lipinski definition) is 6. The van der Waals surface area contributed by atoms with Crippen LogP contribution in [0.5, 0.6) is 5.75 Å². The van der Waals surface area contributed by atoms with Gasteiger partial charge in [0.1, 0.15) is 17.3 Å². The van der Waals surface area contributed by atoms with E-state index < -0.39 is 15.7 Å². The van der Waals surface area contributed by atoms with Crippen molar-refractivity contribution in [2.75, 3.05) is 39.1 Å². The molecule has 1 N–H and O–H groups in total. The molecule has 0 spiro atoms. The van der Waals surface area contributed by atoms with Gasteiger partial charge in [0.15, 0.2) is 9.84 Å². The maximum atomic E-state index is 13.1. The summed E-state index contributed by atoms with van der Waals surface area (Å²) in [5, 5.41) is 2.93. The molecule has 4 rings (SSSR count).